The molecule has 25 heavy (non-hydrogen) atoms. The lowest BCUT2D eigenvalue weighted by Crippen LogP contribution is -2.66. The number of piperidine rings is 1. The van der Waals surface area contributed by atoms with Gasteiger partial charge in [0.15, 0.2) is 0 Å². The van der Waals surface area contributed by atoms with Crippen molar-refractivity contribution in [3.05, 3.63) is 0 Å². The fourth-order valence-electron chi connectivity index (χ4n) is 4.60. The highest BCUT2D eigenvalue weighted by atomic mass is 32.2. The van der Waals surface area contributed by atoms with Crippen LogP contribution in [0.5, 0.6) is 0 Å². The molecule has 0 aromatic rings. The molecule has 6 nitrogen and oxygen atoms in total. The lowest BCUT2D eigenvalue weighted by Gasteiger charge is -2.49. The van der Waals surface area contributed by atoms with Gasteiger partial charge in [-0.1, -0.05) is 0 Å². The number of hydrogen-bond acceptors (Lipinski definition) is 5. The van der Waals surface area contributed by atoms with E-state index < -0.39 is 17.0 Å². The molecule has 0 radical (unpaired) electrons. The molecule has 1 N–H and O–H groups in total. The van der Waals surface area contributed by atoms with Gasteiger partial charge in [-0.3, -0.25) is 0 Å². The van der Waals surface area contributed by atoms with Crippen molar-refractivity contribution in [2.45, 2.75) is 82.8 Å². The zero-order chi connectivity index (χ0) is 18.7. The Kier molecular flexibility index (Phi) is 4.63. The van der Waals surface area contributed by atoms with Gasteiger partial charge in [0.2, 0.25) is 0 Å². The van der Waals surface area contributed by atoms with E-state index in [1.165, 1.54) is 0 Å². The Bertz CT molecular complexity index is 540. The number of hydrogen-bond donors (Lipinski definition) is 1. The minimum atomic E-state index is -1.08. The van der Waals surface area contributed by atoms with Gasteiger partial charge in [0.1, 0.15) is 10.3 Å². The summed E-state index contributed by atoms with van der Waals surface area (Å²) < 4.78 is 27.4. The van der Waals surface area contributed by atoms with Crippen LogP contribution >= 0.6 is 0 Å². The Labute approximate surface area is 154 Å². The first-order valence-electron chi connectivity index (χ1n) is 9.17. The maximum atomic E-state index is 12.6. The summed E-state index contributed by atoms with van der Waals surface area (Å²) in [5.41, 5.74) is -0.834. The third-order valence-corrected chi connectivity index (χ3v) is 7.42. The largest absolute Gasteiger partial charge is 0.598 e. The Morgan fingerprint density at radius 2 is 1.88 bits per heavy atom. The van der Waals surface area contributed by atoms with E-state index in [2.05, 4.69) is 11.6 Å². The number of ether oxygens (including phenoxy) is 2. The fraction of sp³-hybridized carbons (Fsp3) is 0.944. The van der Waals surface area contributed by atoms with Gasteiger partial charge in [0, 0.05) is 36.3 Å². The molecule has 7 heteroatoms. The van der Waals surface area contributed by atoms with E-state index in [0.29, 0.717) is 19.7 Å². The van der Waals surface area contributed by atoms with E-state index in [1.807, 2.05) is 34.6 Å². The summed E-state index contributed by atoms with van der Waals surface area (Å²) >= 11 is -1.08. The van der Waals surface area contributed by atoms with E-state index in [-0.39, 0.29) is 27.9 Å². The number of carbonyl (C=O) groups is 1. The van der Waals surface area contributed by atoms with Crippen LogP contribution in [-0.4, -0.2) is 57.2 Å². The second kappa shape index (κ2) is 6.01. The highest BCUT2D eigenvalue weighted by molar-refractivity contribution is 7.90. The van der Waals surface area contributed by atoms with Crippen molar-refractivity contribution < 1.29 is 18.8 Å². The Morgan fingerprint density at radius 1 is 1.28 bits per heavy atom. The van der Waals surface area contributed by atoms with Crippen LogP contribution in [-0.2, 0) is 20.8 Å². The molecular formula is C18H32N2O4S. The summed E-state index contributed by atoms with van der Waals surface area (Å²) in [7, 11) is 0. The average molecular weight is 373 g/mol. The van der Waals surface area contributed by atoms with Crippen LogP contribution in [0.3, 0.4) is 0 Å². The van der Waals surface area contributed by atoms with Crippen LogP contribution in [0.2, 0.25) is 0 Å². The van der Waals surface area contributed by atoms with Gasteiger partial charge in [-0.25, -0.2) is 4.79 Å². The number of fused-ring (bicyclic) bond motifs is 2. The van der Waals surface area contributed by atoms with Crippen LogP contribution in [0, 0.1) is 5.41 Å². The van der Waals surface area contributed by atoms with Crippen LogP contribution in [0.1, 0.15) is 60.8 Å². The lowest BCUT2D eigenvalue weighted by atomic mass is 9.68. The zero-order valence-electron chi connectivity index (χ0n) is 16.3. The maximum absolute atomic E-state index is 12.6. The van der Waals surface area contributed by atoms with Gasteiger partial charge in [-0.15, -0.1) is 4.72 Å². The molecule has 3 heterocycles. The van der Waals surface area contributed by atoms with Crippen molar-refractivity contribution in [3.8, 4) is 0 Å². The third kappa shape index (κ3) is 3.53. The van der Waals surface area contributed by atoms with E-state index >= 15 is 0 Å². The Hall–Kier alpha value is -0.500. The first-order valence-corrected chi connectivity index (χ1v) is 10.3. The van der Waals surface area contributed by atoms with Crippen molar-refractivity contribution in [1.82, 2.24) is 9.62 Å². The second-order valence-corrected chi connectivity index (χ2v) is 11.6. The van der Waals surface area contributed by atoms with Gasteiger partial charge in [0.25, 0.3) is 0 Å². The summed E-state index contributed by atoms with van der Waals surface area (Å²) in [6, 6.07) is 0.0645. The maximum Gasteiger partial charge on any atom is 0.410 e. The number of carbonyl (C=O) groups excluding carboxylic acids is 1. The summed E-state index contributed by atoms with van der Waals surface area (Å²) in [5.74, 6) is 0. The van der Waals surface area contributed by atoms with Crippen LogP contribution in [0.4, 0.5) is 4.79 Å². The third-order valence-electron chi connectivity index (χ3n) is 5.83. The molecule has 3 aliphatic heterocycles. The van der Waals surface area contributed by atoms with Crippen molar-refractivity contribution in [3.63, 3.8) is 0 Å². The highest BCUT2D eigenvalue weighted by Gasteiger charge is 2.64. The molecule has 0 aliphatic carbocycles. The normalized spacial score (nSPS) is 37.0. The molecule has 3 saturated heterocycles. The SMILES string of the molecule is CC(C)(C)OC(=O)N1CCC2(CC1)CO[C@@]1(C)CC(C)(C)[S@@+]([O-])N[C@@H]21. The summed E-state index contributed by atoms with van der Waals surface area (Å²) in [6.45, 7) is 13.8. The van der Waals surface area contributed by atoms with Crippen molar-refractivity contribution >= 4 is 17.5 Å². The zero-order valence-corrected chi connectivity index (χ0v) is 17.1. The molecule has 3 fully saturated rings. The number of likely N-dealkylation sites (tertiary alicyclic amines) is 1. The van der Waals surface area contributed by atoms with Gasteiger partial charge < -0.3 is 18.9 Å². The molecular weight excluding hydrogens is 340 g/mol. The molecule has 3 atom stereocenters. The van der Waals surface area contributed by atoms with E-state index in [1.54, 1.807) is 4.90 Å². The number of rotatable bonds is 0. The second-order valence-electron chi connectivity index (χ2n) is 9.69. The van der Waals surface area contributed by atoms with Crippen LogP contribution in [0.25, 0.3) is 0 Å². The topological polar surface area (TPSA) is 73.9 Å². The molecule has 0 unspecified atom stereocenters. The molecule has 3 aliphatic rings. The van der Waals surface area contributed by atoms with E-state index in [9.17, 15) is 9.35 Å². The predicted molar refractivity (Wildman–Crippen MR) is 97.6 cm³/mol. The Morgan fingerprint density at radius 3 is 2.44 bits per heavy atom. The van der Waals surface area contributed by atoms with Crippen molar-refractivity contribution in [2.24, 2.45) is 5.41 Å². The van der Waals surface area contributed by atoms with Crippen molar-refractivity contribution in [2.75, 3.05) is 19.7 Å². The van der Waals surface area contributed by atoms with Crippen molar-refractivity contribution in [1.29, 1.82) is 0 Å². The lowest BCUT2D eigenvalue weighted by molar-refractivity contribution is -0.0110. The molecule has 0 saturated carbocycles. The van der Waals surface area contributed by atoms with Crippen LogP contribution < -0.4 is 4.72 Å². The minimum absolute atomic E-state index is 0.0561. The summed E-state index contributed by atoms with van der Waals surface area (Å²) in [4.78, 5) is 14.1. The minimum Gasteiger partial charge on any atom is -0.598 e. The molecule has 0 aromatic carbocycles. The van der Waals surface area contributed by atoms with Gasteiger partial charge in [-0.05, 0) is 54.4 Å². The molecule has 1 amide bonds. The highest BCUT2D eigenvalue weighted by Crippen LogP contribution is 2.52. The molecule has 0 bridgehead atoms. The average Bonchev–Trinajstić information content (AvgIpc) is 2.71. The Balaban J connectivity index is 1.69. The number of amides is 1. The molecule has 0 aromatic heterocycles. The first kappa shape index (κ1) is 19.3. The molecule has 3 rings (SSSR count). The standard InChI is InChI=1S/C18H32N2O4S/c1-15(2,3)24-14(21)20-9-7-18(8-10-20)12-23-17(6)11-16(4,5)25(22)19-13(17)18/h13,19H,7-12H2,1-6H3/t13-,17+,25-/m1/s1. The molecule has 1 spiro atoms. The van der Waals surface area contributed by atoms with E-state index in [4.69, 9.17) is 9.47 Å². The van der Waals surface area contributed by atoms with Gasteiger partial charge in [-0.2, -0.15) is 0 Å². The van der Waals surface area contributed by atoms with Gasteiger partial charge in [0.05, 0.1) is 18.2 Å². The summed E-state index contributed by atoms with van der Waals surface area (Å²) in [5, 5.41) is 0. The number of nitrogens with one attached hydrogen (secondary N) is 1. The molecule has 144 valence electrons. The first-order chi connectivity index (χ1) is 11.4. The summed E-state index contributed by atoms with van der Waals surface area (Å²) in [6.07, 6.45) is 2.22. The smallest absolute Gasteiger partial charge is 0.410 e. The van der Waals surface area contributed by atoms with E-state index in [0.717, 1.165) is 19.3 Å². The van der Waals surface area contributed by atoms with Gasteiger partial charge >= 0.3 is 6.09 Å². The quantitative estimate of drug-likeness (QED) is 0.662. The predicted octanol–water partition coefficient (Wildman–Crippen LogP) is 2.60. The fourth-order valence-corrected chi connectivity index (χ4v) is 6.05. The monoisotopic (exact) mass is 372 g/mol. The van der Waals surface area contributed by atoms with Crippen LogP contribution in [0.15, 0.2) is 0 Å². The number of nitrogens with zero attached hydrogens (tertiary/aromatic N) is 1.